The highest BCUT2D eigenvalue weighted by Gasteiger charge is 2.21. The average molecular weight is 289 g/mol. The highest BCUT2D eigenvalue weighted by Crippen LogP contribution is 2.23. The van der Waals surface area contributed by atoms with E-state index in [4.69, 9.17) is 0 Å². The van der Waals surface area contributed by atoms with E-state index in [0.29, 0.717) is 0 Å². The van der Waals surface area contributed by atoms with E-state index in [0.717, 1.165) is 25.9 Å². The van der Waals surface area contributed by atoms with Gasteiger partial charge in [-0.3, -0.25) is 9.78 Å². The average Bonchev–Trinajstić information content (AvgIpc) is 2.95. The van der Waals surface area contributed by atoms with Crippen LogP contribution in [0, 0.1) is 6.92 Å². The second-order valence-corrected chi connectivity index (χ2v) is 6.73. The number of hydrogen-bond acceptors (Lipinski definition) is 3. The first-order chi connectivity index (χ1) is 9.88. The molecular formula is C16H27N5. The third kappa shape index (κ3) is 4.17. The van der Waals surface area contributed by atoms with Gasteiger partial charge in [-0.05, 0) is 31.9 Å². The molecule has 5 heteroatoms. The SMILES string of the molecule is Cc1[nH]ncc1CCCNCc1cn(C)nc1C(C)(C)C. The van der Waals surface area contributed by atoms with Crippen molar-refractivity contribution >= 4 is 0 Å². The van der Waals surface area contributed by atoms with Gasteiger partial charge in [0.2, 0.25) is 0 Å². The summed E-state index contributed by atoms with van der Waals surface area (Å²) in [5.74, 6) is 0. The van der Waals surface area contributed by atoms with Gasteiger partial charge in [-0.1, -0.05) is 20.8 Å². The van der Waals surface area contributed by atoms with Gasteiger partial charge < -0.3 is 5.32 Å². The van der Waals surface area contributed by atoms with Crippen LogP contribution in [-0.4, -0.2) is 26.5 Å². The van der Waals surface area contributed by atoms with Gasteiger partial charge in [0.1, 0.15) is 0 Å². The topological polar surface area (TPSA) is 58.5 Å². The van der Waals surface area contributed by atoms with Crippen molar-refractivity contribution in [2.75, 3.05) is 6.54 Å². The zero-order chi connectivity index (χ0) is 15.5. The molecule has 2 N–H and O–H groups in total. The van der Waals surface area contributed by atoms with E-state index in [1.165, 1.54) is 22.5 Å². The van der Waals surface area contributed by atoms with Crippen LogP contribution in [0.4, 0.5) is 0 Å². The van der Waals surface area contributed by atoms with Gasteiger partial charge in [-0.15, -0.1) is 0 Å². The Balaban J connectivity index is 1.80. The molecule has 116 valence electrons. The molecule has 0 spiro atoms. The number of nitrogens with zero attached hydrogens (tertiary/aromatic N) is 3. The fourth-order valence-electron chi connectivity index (χ4n) is 2.55. The van der Waals surface area contributed by atoms with Crippen LogP contribution in [0.1, 0.15) is 49.7 Å². The van der Waals surface area contributed by atoms with Crippen LogP contribution in [-0.2, 0) is 25.4 Å². The molecule has 0 unspecified atom stereocenters. The van der Waals surface area contributed by atoms with Crippen LogP contribution in [0.25, 0.3) is 0 Å². The zero-order valence-electron chi connectivity index (χ0n) is 13.8. The summed E-state index contributed by atoms with van der Waals surface area (Å²) in [7, 11) is 1.99. The third-order valence-corrected chi connectivity index (χ3v) is 3.66. The maximum absolute atomic E-state index is 4.60. The Kier molecular flexibility index (Phi) is 4.83. The molecule has 0 amide bonds. The Labute approximate surface area is 127 Å². The van der Waals surface area contributed by atoms with Gasteiger partial charge in [-0.2, -0.15) is 10.2 Å². The van der Waals surface area contributed by atoms with Crippen molar-refractivity contribution in [2.24, 2.45) is 7.05 Å². The highest BCUT2D eigenvalue weighted by atomic mass is 15.3. The van der Waals surface area contributed by atoms with Crippen LogP contribution in [0.2, 0.25) is 0 Å². The fourth-order valence-corrected chi connectivity index (χ4v) is 2.55. The lowest BCUT2D eigenvalue weighted by atomic mass is 9.89. The van der Waals surface area contributed by atoms with Gasteiger partial charge in [-0.25, -0.2) is 0 Å². The van der Waals surface area contributed by atoms with Gasteiger partial charge in [0.15, 0.2) is 0 Å². The molecule has 2 aromatic heterocycles. The Morgan fingerprint density at radius 1 is 1.29 bits per heavy atom. The second kappa shape index (κ2) is 6.43. The smallest absolute Gasteiger partial charge is 0.0722 e. The summed E-state index contributed by atoms with van der Waals surface area (Å²) >= 11 is 0. The Morgan fingerprint density at radius 3 is 2.67 bits per heavy atom. The van der Waals surface area contributed by atoms with Crippen molar-refractivity contribution < 1.29 is 0 Å². The molecular weight excluding hydrogens is 262 g/mol. The van der Waals surface area contributed by atoms with Crippen molar-refractivity contribution in [3.63, 3.8) is 0 Å². The van der Waals surface area contributed by atoms with Crippen molar-refractivity contribution in [2.45, 2.75) is 52.5 Å². The van der Waals surface area contributed by atoms with Crippen molar-refractivity contribution in [3.05, 3.63) is 34.9 Å². The number of aryl methyl sites for hydroxylation is 3. The van der Waals surface area contributed by atoms with E-state index in [-0.39, 0.29) is 5.41 Å². The molecule has 5 nitrogen and oxygen atoms in total. The summed E-state index contributed by atoms with van der Waals surface area (Å²) in [6.45, 7) is 10.6. The summed E-state index contributed by atoms with van der Waals surface area (Å²) < 4.78 is 1.91. The lowest BCUT2D eigenvalue weighted by Crippen LogP contribution is -2.20. The quantitative estimate of drug-likeness (QED) is 0.803. The van der Waals surface area contributed by atoms with E-state index in [2.05, 4.69) is 54.5 Å². The molecule has 0 aromatic carbocycles. The number of hydrogen-bond donors (Lipinski definition) is 2. The molecule has 21 heavy (non-hydrogen) atoms. The van der Waals surface area contributed by atoms with Gasteiger partial charge >= 0.3 is 0 Å². The number of rotatable bonds is 6. The summed E-state index contributed by atoms with van der Waals surface area (Å²) in [4.78, 5) is 0. The number of aromatic nitrogens is 4. The van der Waals surface area contributed by atoms with E-state index < -0.39 is 0 Å². The first kappa shape index (κ1) is 15.8. The Hall–Kier alpha value is -1.62. The van der Waals surface area contributed by atoms with Gasteiger partial charge in [0.25, 0.3) is 0 Å². The van der Waals surface area contributed by atoms with Crippen molar-refractivity contribution in [1.82, 2.24) is 25.3 Å². The standard InChI is InChI=1S/C16H27N5/c1-12-13(10-18-19-12)7-6-8-17-9-14-11-21(5)20-15(14)16(2,3)4/h10-11,17H,6-9H2,1-5H3,(H,18,19). The van der Waals surface area contributed by atoms with E-state index in [1.807, 2.05) is 17.9 Å². The summed E-state index contributed by atoms with van der Waals surface area (Å²) in [6.07, 6.45) is 6.22. The predicted octanol–water partition coefficient (Wildman–Crippen LogP) is 2.47. The van der Waals surface area contributed by atoms with Gasteiger partial charge in [0.05, 0.1) is 11.9 Å². The normalized spacial score (nSPS) is 12.0. The highest BCUT2D eigenvalue weighted by molar-refractivity contribution is 5.23. The number of H-pyrrole nitrogens is 1. The van der Waals surface area contributed by atoms with Gasteiger partial charge in [0, 0.05) is 36.5 Å². The molecule has 0 saturated heterocycles. The minimum absolute atomic E-state index is 0.0895. The molecule has 0 aliphatic rings. The van der Waals surface area contributed by atoms with E-state index in [9.17, 15) is 0 Å². The molecule has 0 radical (unpaired) electrons. The third-order valence-electron chi connectivity index (χ3n) is 3.66. The van der Waals surface area contributed by atoms with Crippen molar-refractivity contribution in [1.29, 1.82) is 0 Å². The first-order valence-corrected chi connectivity index (χ1v) is 7.60. The lowest BCUT2D eigenvalue weighted by molar-refractivity contribution is 0.542. The molecule has 0 aliphatic heterocycles. The first-order valence-electron chi connectivity index (χ1n) is 7.60. The predicted molar refractivity (Wildman–Crippen MR) is 85.3 cm³/mol. The summed E-state index contributed by atoms with van der Waals surface area (Å²) in [5.41, 5.74) is 5.06. The molecule has 0 aliphatic carbocycles. The summed E-state index contributed by atoms with van der Waals surface area (Å²) in [6, 6.07) is 0. The molecule has 2 heterocycles. The maximum atomic E-state index is 4.60. The Bertz CT molecular complexity index is 574. The van der Waals surface area contributed by atoms with Crippen LogP contribution in [0.15, 0.2) is 12.4 Å². The van der Waals surface area contributed by atoms with Crippen molar-refractivity contribution in [3.8, 4) is 0 Å². The minimum Gasteiger partial charge on any atom is -0.313 e. The fraction of sp³-hybridized carbons (Fsp3) is 0.625. The van der Waals surface area contributed by atoms with Crippen LogP contribution in [0.5, 0.6) is 0 Å². The van der Waals surface area contributed by atoms with Crippen LogP contribution < -0.4 is 5.32 Å². The second-order valence-electron chi connectivity index (χ2n) is 6.73. The largest absolute Gasteiger partial charge is 0.313 e. The van der Waals surface area contributed by atoms with E-state index in [1.54, 1.807) is 0 Å². The van der Waals surface area contributed by atoms with Crippen LogP contribution >= 0.6 is 0 Å². The monoisotopic (exact) mass is 289 g/mol. The number of aromatic amines is 1. The lowest BCUT2D eigenvalue weighted by Gasteiger charge is -2.17. The number of nitrogens with one attached hydrogen (secondary N) is 2. The Morgan fingerprint density at radius 2 is 2.05 bits per heavy atom. The molecule has 2 aromatic rings. The van der Waals surface area contributed by atoms with Crippen LogP contribution in [0.3, 0.4) is 0 Å². The molecule has 0 fully saturated rings. The molecule has 0 atom stereocenters. The minimum atomic E-state index is 0.0895. The van der Waals surface area contributed by atoms with E-state index >= 15 is 0 Å². The zero-order valence-corrected chi connectivity index (χ0v) is 13.8. The molecule has 0 bridgehead atoms. The molecule has 2 rings (SSSR count). The summed E-state index contributed by atoms with van der Waals surface area (Å²) in [5, 5.41) is 15.2. The molecule has 0 saturated carbocycles. The maximum Gasteiger partial charge on any atom is 0.0722 e.